The van der Waals surface area contributed by atoms with Crippen LogP contribution in [0.25, 0.3) is 0 Å². The Labute approximate surface area is 205 Å². The highest BCUT2D eigenvalue weighted by molar-refractivity contribution is 9.10. The number of hydrogen-bond acceptors (Lipinski definition) is 7. The van der Waals surface area contributed by atoms with Gasteiger partial charge in [0.15, 0.2) is 11.5 Å². The summed E-state index contributed by atoms with van der Waals surface area (Å²) in [5, 5.41) is 10.4. The summed E-state index contributed by atoms with van der Waals surface area (Å²) >= 11 is 9.58. The third-order valence-electron chi connectivity index (χ3n) is 4.96. The molecule has 3 rings (SSSR count). The Morgan fingerprint density at radius 1 is 1.33 bits per heavy atom. The number of hydrogen-bond donors (Lipinski definition) is 1. The molecule has 2 aromatic carbocycles. The molecule has 0 aliphatic carbocycles. The van der Waals surface area contributed by atoms with E-state index in [2.05, 4.69) is 22.0 Å². The van der Waals surface area contributed by atoms with E-state index in [0.717, 1.165) is 5.56 Å². The average molecular weight is 534 g/mol. The third-order valence-corrected chi connectivity index (χ3v) is 5.78. The van der Waals surface area contributed by atoms with Gasteiger partial charge in [0.2, 0.25) is 5.88 Å². The molecule has 1 aliphatic heterocycles. The molecule has 0 spiro atoms. The molecule has 1 unspecified atom stereocenters. The maximum absolute atomic E-state index is 12.7. The zero-order valence-corrected chi connectivity index (χ0v) is 20.6. The number of carbonyl (C=O) groups excluding carboxylic acids is 1. The van der Waals surface area contributed by atoms with Crippen LogP contribution in [0.3, 0.4) is 0 Å². The van der Waals surface area contributed by atoms with Crippen LogP contribution in [-0.2, 0) is 20.9 Å². The number of ether oxygens (including phenoxy) is 4. The Morgan fingerprint density at radius 2 is 2.09 bits per heavy atom. The largest absolute Gasteiger partial charge is 0.493 e. The molecule has 2 N–H and O–H groups in total. The van der Waals surface area contributed by atoms with Gasteiger partial charge in [0.1, 0.15) is 24.0 Å². The maximum Gasteiger partial charge on any atom is 0.338 e. The minimum Gasteiger partial charge on any atom is -0.493 e. The van der Waals surface area contributed by atoms with Gasteiger partial charge in [0, 0.05) is 5.02 Å². The highest BCUT2D eigenvalue weighted by Crippen LogP contribution is 2.45. The minimum atomic E-state index is -0.796. The predicted octanol–water partition coefficient (Wildman–Crippen LogP) is 5.33. The van der Waals surface area contributed by atoms with Gasteiger partial charge < -0.3 is 24.7 Å². The van der Waals surface area contributed by atoms with Gasteiger partial charge in [-0.2, -0.15) is 5.26 Å². The second kappa shape index (κ2) is 10.6. The van der Waals surface area contributed by atoms with Gasteiger partial charge in [-0.05, 0) is 65.2 Å². The van der Waals surface area contributed by atoms with Crippen molar-refractivity contribution in [1.29, 1.82) is 5.26 Å². The van der Waals surface area contributed by atoms with Gasteiger partial charge in [0.05, 0.1) is 29.7 Å². The van der Waals surface area contributed by atoms with Crippen molar-refractivity contribution in [2.75, 3.05) is 13.7 Å². The summed E-state index contributed by atoms with van der Waals surface area (Å²) in [4.78, 5) is 12.7. The van der Waals surface area contributed by atoms with E-state index in [4.69, 9.17) is 36.3 Å². The molecule has 0 fully saturated rings. The Kier molecular flexibility index (Phi) is 7.90. The molecule has 0 saturated carbocycles. The lowest BCUT2D eigenvalue weighted by Gasteiger charge is -2.27. The highest BCUT2D eigenvalue weighted by Gasteiger charge is 2.37. The molecule has 1 heterocycles. The molecule has 33 heavy (non-hydrogen) atoms. The van der Waals surface area contributed by atoms with Crippen molar-refractivity contribution in [2.24, 2.45) is 5.73 Å². The lowest BCUT2D eigenvalue weighted by Crippen LogP contribution is -2.25. The summed E-state index contributed by atoms with van der Waals surface area (Å²) in [6.45, 7) is 3.74. The number of allylic oxidation sites excluding steroid dienone is 2. The first-order valence-electron chi connectivity index (χ1n) is 10.0. The lowest BCUT2D eigenvalue weighted by molar-refractivity contribution is -0.139. The van der Waals surface area contributed by atoms with Crippen LogP contribution in [0.4, 0.5) is 0 Å². The fraction of sp³-hybridized carbons (Fsp3) is 0.250. The fourth-order valence-electron chi connectivity index (χ4n) is 3.52. The van der Waals surface area contributed by atoms with Gasteiger partial charge in [-0.3, -0.25) is 0 Å². The molecular weight excluding hydrogens is 512 g/mol. The van der Waals surface area contributed by atoms with Gasteiger partial charge >= 0.3 is 5.97 Å². The standard InChI is InChI=1S/C24H22BrClN2O5/c1-4-31-24(29)20-13(2)33-23(28)17(11-27)21(20)15-9-18(25)22(19(10-15)30-3)32-12-14-6-5-7-16(26)8-14/h5-10,21H,4,12,28H2,1-3H3. The van der Waals surface area contributed by atoms with Crippen LogP contribution in [0.15, 0.2) is 63.7 Å². The van der Waals surface area contributed by atoms with Gasteiger partial charge in [0.25, 0.3) is 0 Å². The van der Waals surface area contributed by atoms with Crippen molar-refractivity contribution in [1.82, 2.24) is 0 Å². The van der Waals surface area contributed by atoms with Gasteiger partial charge in [-0.25, -0.2) is 4.79 Å². The Balaban J connectivity index is 2.05. The van der Waals surface area contributed by atoms with Crippen LogP contribution in [0.5, 0.6) is 11.5 Å². The number of benzene rings is 2. The molecule has 0 bridgehead atoms. The molecule has 9 heteroatoms. The van der Waals surface area contributed by atoms with Crippen LogP contribution in [-0.4, -0.2) is 19.7 Å². The highest BCUT2D eigenvalue weighted by atomic mass is 79.9. The molecular formula is C24H22BrClN2O5. The predicted molar refractivity (Wildman–Crippen MR) is 126 cm³/mol. The fourth-order valence-corrected chi connectivity index (χ4v) is 4.30. The van der Waals surface area contributed by atoms with E-state index in [0.29, 0.717) is 26.6 Å². The molecule has 172 valence electrons. The number of nitrogens with two attached hydrogens (primary N) is 1. The third kappa shape index (κ3) is 5.27. The second-order valence-electron chi connectivity index (χ2n) is 7.07. The Bertz CT molecular complexity index is 1190. The quantitative estimate of drug-likeness (QED) is 0.479. The number of methoxy groups -OCH3 is 1. The van der Waals surface area contributed by atoms with Crippen molar-refractivity contribution in [2.45, 2.75) is 26.4 Å². The van der Waals surface area contributed by atoms with Crippen LogP contribution in [0.2, 0.25) is 5.02 Å². The van der Waals surface area contributed by atoms with E-state index >= 15 is 0 Å². The van der Waals surface area contributed by atoms with E-state index in [9.17, 15) is 10.1 Å². The smallest absolute Gasteiger partial charge is 0.338 e. The van der Waals surface area contributed by atoms with Gasteiger partial charge in [-0.1, -0.05) is 23.7 Å². The van der Waals surface area contributed by atoms with E-state index < -0.39 is 11.9 Å². The molecule has 1 atom stereocenters. The summed E-state index contributed by atoms with van der Waals surface area (Å²) < 4.78 is 22.8. The number of esters is 1. The molecule has 0 amide bonds. The maximum atomic E-state index is 12.7. The zero-order valence-electron chi connectivity index (χ0n) is 18.3. The van der Waals surface area contributed by atoms with Crippen molar-refractivity contribution in [3.8, 4) is 17.6 Å². The van der Waals surface area contributed by atoms with Crippen molar-refractivity contribution >= 4 is 33.5 Å². The summed E-state index contributed by atoms with van der Waals surface area (Å²) in [6.07, 6.45) is 0. The molecule has 0 saturated heterocycles. The first-order valence-corrected chi connectivity index (χ1v) is 11.2. The van der Waals surface area contributed by atoms with Crippen molar-refractivity contribution in [3.63, 3.8) is 0 Å². The number of rotatable bonds is 7. The lowest BCUT2D eigenvalue weighted by atomic mass is 9.83. The summed E-state index contributed by atoms with van der Waals surface area (Å²) in [5.74, 6) is -0.311. The van der Waals surface area contributed by atoms with E-state index in [1.807, 2.05) is 18.2 Å². The van der Waals surface area contributed by atoms with E-state index in [1.54, 1.807) is 32.0 Å². The van der Waals surface area contributed by atoms with Gasteiger partial charge in [-0.15, -0.1) is 0 Å². The monoisotopic (exact) mass is 532 g/mol. The van der Waals surface area contributed by atoms with Crippen molar-refractivity contribution < 1.29 is 23.7 Å². The molecule has 7 nitrogen and oxygen atoms in total. The SMILES string of the molecule is CCOC(=O)C1=C(C)OC(N)=C(C#N)C1c1cc(Br)c(OCc2cccc(Cl)c2)c(OC)c1. The Morgan fingerprint density at radius 3 is 2.73 bits per heavy atom. The van der Waals surface area contributed by atoms with Crippen LogP contribution < -0.4 is 15.2 Å². The first-order chi connectivity index (χ1) is 15.8. The summed E-state index contributed by atoms with van der Waals surface area (Å²) in [7, 11) is 1.50. The van der Waals surface area contributed by atoms with Crippen LogP contribution in [0.1, 0.15) is 30.9 Å². The molecule has 0 radical (unpaired) electrons. The van der Waals surface area contributed by atoms with Crippen LogP contribution >= 0.6 is 27.5 Å². The number of nitrogens with zero attached hydrogens (tertiary/aromatic N) is 1. The molecule has 0 aromatic heterocycles. The normalized spacial score (nSPS) is 15.6. The summed E-state index contributed by atoms with van der Waals surface area (Å²) in [5.41, 5.74) is 7.74. The summed E-state index contributed by atoms with van der Waals surface area (Å²) in [6, 6.07) is 12.8. The second-order valence-corrected chi connectivity index (χ2v) is 8.36. The first kappa shape index (κ1) is 24.5. The Hall–Kier alpha value is -3.15. The minimum absolute atomic E-state index is 0.0654. The average Bonchev–Trinajstić information content (AvgIpc) is 2.77. The van der Waals surface area contributed by atoms with E-state index in [-0.39, 0.29) is 36.0 Å². The molecule has 2 aromatic rings. The van der Waals surface area contributed by atoms with Crippen molar-refractivity contribution in [3.05, 3.63) is 79.8 Å². The number of halogens is 2. The number of carbonyl (C=O) groups is 1. The molecule has 1 aliphatic rings. The zero-order chi connectivity index (χ0) is 24.1. The number of nitriles is 1. The van der Waals surface area contributed by atoms with E-state index in [1.165, 1.54) is 7.11 Å². The topological polar surface area (TPSA) is 104 Å². The van der Waals surface area contributed by atoms with Crippen LogP contribution in [0, 0.1) is 11.3 Å².